The topological polar surface area (TPSA) is 29.5 Å². The highest BCUT2D eigenvalue weighted by Crippen LogP contribution is 2.38. The molecule has 2 nitrogen and oxygen atoms in total. The summed E-state index contributed by atoms with van der Waals surface area (Å²) >= 11 is 1.55. The summed E-state index contributed by atoms with van der Waals surface area (Å²) < 4.78 is 5.19. The molecule has 0 saturated heterocycles. The van der Waals surface area contributed by atoms with Crippen LogP contribution >= 0.6 is 11.3 Å². The second-order valence-corrected chi connectivity index (χ2v) is 4.37. The summed E-state index contributed by atoms with van der Waals surface area (Å²) in [5, 5.41) is 12.0. The maximum absolute atomic E-state index is 10.1. The largest absolute Gasteiger partial charge is 0.495 e. The highest BCUT2D eigenvalue weighted by Gasteiger charge is 2.20. The Morgan fingerprint density at radius 3 is 3.07 bits per heavy atom. The van der Waals surface area contributed by atoms with Gasteiger partial charge >= 0.3 is 0 Å². The smallest absolute Gasteiger partial charge is 0.135 e. The summed E-state index contributed by atoms with van der Waals surface area (Å²) in [7, 11) is 1.64. The number of allylic oxidation sites excluding steroid dienone is 1. The van der Waals surface area contributed by atoms with E-state index in [0.29, 0.717) is 0 Å². The molecule has 1 unspecified atom stereocenters. The highest BCUT2D eigenvalue weighted by molar-refractivity contribution is 7.10. The van der Waals surface area contributed by atoms with Crippen LogP contribution in [0.25, 0.3) is 0 Å². The Hall–Kier alpha value is -0.800. The van der Waals surface area contributed by atoms with Crippen LogP contribution in [0.4, 0.5) is 0 Å². The first-order valence-electron chi connectivity index (χ1n) is 4.81. The van der Waals surface area contributed by atoms with Crippen LogP contribution in [0.15, 0.2) is 23.1 Å². The molecule has 14 heavy (non-hydrogen) atoms. The van der Waals surface area contributed by atoms with E-state index >= 15 is 0 Å². The van der Waals surface area contributed by atoms with Crippen LogP contribution in [-0.2, 0) is 0 Å². The quantitative estimate of drug-likeness (QED) is 0.777. The van der Waals surface area contributed by atoms with Crippen molar-refractivity contribution in [3.8, 4) is 5.75 Å². The lowest BCUT2D eigenvalue weighted by Crippen LogP contribution is -1.99. The molecule has 3 heteroatoms. The Morgan fingerprint density at radius 2 is 2.43 bits per heavy atom. The van der Waals surface area contributed by atoms with Crippen molar-refractivity contribution in [2.24, 2.45) is 0 Å². The lowest BCUT2D eigenvalue weighted by atomic mass is 10.1. The SMILES string of the molecule is COc1ccsc1C(O)C1=CCCC1. The highest BCUT2D eigenvalue weighted by atomic mass is 32.1. The van der Waals surface area contributed by atoms with E-state index in [1.807, 2.05) is 11.4 Å². The first-order valence-corrected chi connectivity index (χ1v) is 5.69. The molecule has 0 amide bonds. The monoisotopic (exact) mass is 210 g/mol. The molecule has 1 aliphatic carbocycles. The van der Waals surface area contributed by atoms with Gasteiger partial charge in [0.05, 0.1) is 12.0 Å². The van der Waals surface area contributed by atoms with Crippen LogP contribution in [0.1, 0.15) is 30.2 Å². The number of aliphatic hydroxyl groups excluding tert-OH is 1. The van der Waals surface area contributed by atoms with Gasteiger partial charge in [-0.25, -0.2) is 0 Å². The molecule has 1 atom stereocenters. The van der Waals surface area contributed by atoms with Crippen molar-refractivity contribution in [2.75, 3.05) is 7.11 Å². The number of ether oxygens (including phenoxy) is 1. The van der Waals surface area contributed by atoms with Crippen LogP contribution in [0.3, 0.4) is 0 Å². The zero-order chi connectivity index (χ0) is 9.97. The van der Waals surface area contributed by atoms with E-state index in [1.165, 1.54) is 6.42 Å². The van der Waals surface area contributed by atoms with Crippen molar-refractivity contribution < 1.29 is 9.84 Å². The van der Waals surface area contributed by atoms with Gasteiger partial charge in [-0.05, 0) is 36.3 Å². The maximum atomic E-state index is 10.1. The lowest BCUT2D eigenvalue weighted by molar-refractivity contribution is 0.211. The van der Waals surface area contributed by atoms with E-state index in [1.54, 1.807) is 18.4 Å². The van der Waals surface area contributed by atoms with Gasteiger partial charge in [0.1, 0.15) is 11.9 Å². The average Bonchev–Trinajstić information content (AvgIpc) is 2.87. The van der Waals surface area contributed by atoms with Gasteiger partial charge < -0.3 is 9.84 Å². The maximum Gasteiger partial charge on any atom is 0.135 e. The normalized spacial score (nSPS) is 18.0. The molecule has 0 spiro atoms. The molecule has 76 valence electrons. The van der Waals surface area contributed by atoms with Gasteiger partial charge in [-0.2, -0.15) is 0 Å². The van der Waals surface area contributed by atoms with Crippen LogP contribution in [0.5, 0.6) is 5.75 Å². The summed E-state index contributed by atoms with van der Waals surface area (Å²) in [6, 6.07) is 1.90. The summed E-state index contributed by atoms with van der Waals surface area (Å²) in [6.07, 6.45) is 4.97. The minimum absolute atomic E-state index is 0.451. The predicted octanol–water partition coefficient (Wildman–Crippen LogP) is 2.90. The van der Waals surface area contributed by atoms with Crippen LogP contribution in [0, 0.1) is 0 Å². The van der Waals surface area contributed by atoms with Gasteiger partial charge in [0.2, 0.25) is 0 Å². The number of hydrogen-bond donors (Lipinski definition) is 1. The van der Waals surface area contributed by atoms with Crippen LogP contribution < -0.4 is 4.74 Å². The predicted molar refractivity (Wildman–Crippen MR) is 57.8 cm³/mol. The van der Waals surface area contributed by atoms with Gasteiger partial charge in [0.25, 0.3) is 0 Å². The summed E-state index contributed by atoms with van der Waals surface area (Å²) in [6.45, 7) is 0. The van der Waals surface area contributed by atoms with Crippen molar-refractivity contribution in [1.29, 1.82) is 0 Å². The molecule has 1 N–H and O–H groups in total. The molecule has 0 fully saturated rings. The molecule has 1 aliphatic rings. The fourth-order valence-corrected chi connectivity index (χ4v) is 2.68. The lowest BCUT2D eigenvalue weighted by Gasteiger charge is -2.11. The van der Waals surface area contributed by atoms with Gasteiger partial charge in [0.15, 0.2) is 0 Å². The second-order valence-electron chi connectivity index (χ2n) is 3.43. The van der Waals surface area contributed by atoms with Gasteiger partial charge in [-0.15, -0.1) is 11.3 Å². The zero-order valence-corrected chi connectivity index (χ0v) is 9.01. The number of aliphatic hydroxyl groups is 1. The molecule has 0 aromatic carbocycles. The molecule has 1 aromatic heterocycles. The second kappa shape index (κ2) is 4.15. The van der Waals surface area contributed by atoms with E-state index in [0.717, 1.165) is 29.0 Å². The molecular formula is C11H14O2S. The van der Waals surface area contributed by atoms with Crippen molar-refractivity contribution in [1.82, 2.24) is 0 Å². The molecule has 0 saturated carbocycles. The molecule has 2 rings (SSSR count). The third-order valence-corrected chi connectivity index (χ3v) is 3.50. The van der Waals surface area contributed by atoms with Crippen LogP contribution in [-0.4, -0.2) is 12.2 Å². The van der Waals surface area contributed by atoms with Crippen molar-refractivity contribution in [2.45, 2.75) is 25.4 Å². The van der Waals surface area contributed by atoms with Crippen molar-refractivity contribution >= 4 is 11.3 Å². The summed E-state index contributed by atoms with van der Waals surface area (Å²) in [5.74, 6) is 0.801. The Bertz CT molecular complexity index is 341. The molecule has 0 radical (unpaired) electrons. The minimum Gasteiger partial charge on any atom is -0.495 e. The molecule has 0 bridgehead atoms. The first-order chi connectivity index (χ1) is 6.83. The number of hydrogen-bond acceptors (Lipinski definition) is 3. The third-order valence-electron chi connectivity index (χ3n) is 2.55. The number of rotatable bonds is 3. The van der Waals surface area contributed by atoms with E-state index in [2.05, 4.69) is 6.08 Å². The Kier molecular flexibility index (Phi) is 2.89. The average molecular weight is 210 g/mol. The van der Waals surface area contributed by atoms with Gasteiger partial charge in [-0.3, -0.25) is 0 Å². The molecule has 1 aromatic rings. The van der Waals surface area contributed by atoms with Crippen LogP contribution in [0.2, 0.25) is 0 Å². The Balaban J connectivity index is 2.21. The number of methoxy groups -OCH3 is 1. The molecule has 0 aliphatic heterocycles. The molecular weight excluding hydrogens is 196 g/mol. The first kappa shape index (κ1) is 9.74. The van der Waals surface area contributed by atoms with E-state index in [4.69, 9.17) is 4.74 Å². The standard InChI is InChI=1S/C11H14O2S/c1-13-9-6-7-14-11(9)10(12)8-4-2-3-5-8/h4,6-7,10,12H,2-3,5H2,1H3. The zero-order valence-electron chi connectivity index (χ0n) is 8.19. The van der Waals surface area contributed by atoms with Gasteiger partial charge in [0, 0.05) is 0 Å². The minimum atomic E-state index is -0.451. The third kappa shape index (κ3) is 1.70. The fraction of sp³-hybridized carbons (Fsp3) is 0.455. The number of thiophene rings is 1. The van der Waals surface area contributed by atoms with Gasteiger partial charge in [-0.1, -0.05) is 6.08 Å². The van der Waals surface area contributed by atoms with E-state index in [-0.39, 0.29) is 0 Å². The van der Waals surface area contributed by atoms with Crippen molar-refractivity contribution in [3.63, 3.8) is 0 Å². The summed E-state index contributed by atoms with van der Waals surface area (Å²) in [4.78, 5) is 0.931. The Morgan fingerprint density at radius 1 is 1.57 bits per heavy atom. The Labute approximate surface area is 87.8 Å². The van der Waals surface area contributed by atoms with Crippen molar-refractivity contribution in [3.05, 3.63) is 28.0 Å². The van der Waals surface area contributed by atoms with E-state index < -0.39 is 6.10 Å². The fourth-order valence-electron chi connectivity index (χ4n) is 1.79. The van der Waals surface area contributed by atoms with E-state index in [9.17, 15) is 5.11 Å². The summed E-state index contributed by atoms with van der Waals surface area (Å²) in [5.41, 5.74) is 1.14. The molecule has 1 heterocycles.